The Morgan fingerprint density at radius 3 is 2.69 bits per heavy atom. The standard InChI is InChI=1S/C20H18N2O5S2/c1-13-2-5-15(6-3-13)29(24,25)9-8-19(23)22-20-21-16(11-28-20)14-4-7-17-18(10-14)27-12-26-17/h2-7,10-11H,8-9,12H2,1H3,(H,21,22,23). The van der Waals surface area contributed by atoms with Gasteiger partial charge < -0.3 is 14.8 Å². The number of rotatable bonds is 6. The number of hydrogen-bond donors (Lipinski definition) is 1. The van der Waals surface area contributed by atoms with Crippen molar-refractivity contribution in [3.05, 3.63) is 53.4 Å². The molecular weight excluding hydrogens is 412 g/mol. The SMILES string of the molecule is Cc1ccc(S(=O)(=O)CCC(=O)Nc2nc(-c3ccc4c(c3)OCO4)cs2)cc1. The highest BCUT2D eigenvalue weighted by atomic mass is 32.2. The van der Waals surface area contributed by atoms with Gasteiger partial charge in [0.25, 0.3) is 0 Å². The first-order valence-corrected chi connectivity index (χ1v) is 11.4. The molecule has 0 atom stereocenters. The van der Waals surface area contributed by atoms with Gasteiger partial charge in [0.2, 0.25) is 12.7 Å². The number of anilines is 1. The van der Waals surface area contributed by atoms with Crippen LogP contribution in [0, 0.1) is 6.92 Å². The van der Waals surface area contributed by atoms with Crippen molar-refractivity contribution < 1.29 is 22.7 Å². The number of thiazole rings is 1. The molecule has 1 aliphatic rings. The summed E-state index contributed by atoms with van der Waals surface area (Å²) in [5.74, 6) is 0.685. The number of sulfone groups is 1. The van der Waals surface area contributed by atoms with Gasteiger partial charge in [-0.1, -0.05) is 17.7 Å². The first-order valence-electron chi connectivity index (χ1n) is 8.85. The Balaban J connectivity index is 1.37. The molecular formula is C20H18N2O5S2. The predicted molar refractivity (Wildman–Crippen MR) is 110 cm³/mol. The van der Waals surface area contributed by atoms with Gasteiger partial charge >= 0.3 is 0 Å². The molecule has 0 saturated carbocycles. The van der Waals surface area contributed by atoms with E-state index in [-0.39, 0.29) is 23.9 Å². The lowest BCUT2D eigenvalue weighted by molar-refractivity contribution is -0.115. The number of nitrogens with zero attached hydrogens (tertiary/aromatic N) is 1. The van der Waals surface area contributed by atoms with Gasteiger partial charge in [-0.25, -0.2) is 13.4 Å². The van der Waals surface area contributed by atoms with Crippen LogP contribution in [0.2, 0.25) is 0 Å². The number of benzene rings is 2. The highest BCUT2D eigenvalue weighted by molar-refractivity contribution is 7.91. The summed E-state index contributed by atoms with van der Waals surface area (Å²) in [6, 6.07) is 12.1. The summed E-state index contributed by atoms with van der Waals surface area (Å²) >= 11 is 1.27. The lowest BCUT2D eigenvalue weighted by Crippen LogP contribution is -2.17. The minimum atomic E-state index is -3.51. The van der Waals surface area contributed by atoms with Crippen LogP contribution in [-0.2, 0) is 14.6 Å². The Bertz CT molecular complexity index is 1150. The molecule has 9 heteroatoms. The molecule has 0 aliphatic carbocycles. The van der Waals surface area contributed by atoms with Crippen LogP contribution in [-0.4, -0.2) is 31.9 Å². The second-order valence-corrected chi connectivity index (χ2v) is 9.50. The number of nitrogens with one attached hydrogen (secondary N) is 1. The van der Waals surface area contributed by atoms with Crippen molar-refractivity contribution in [3.8, 4) is 22.8 Å². The summed E-state index contributed by atoms with van der Waals surface area (Å²) in [4.78, 5) is 16.8. The summed E-state index contributed by atoms with van der Waals surface area (Å²) in [5.41, 5.74) is 2.51. The third-order valence-corrected chi connectivity index (χ3v) is 6.89. The largest absolute Gasteiger partial charge is 0.454 e. The van der Waals surface area contributed by atoms with Crippen molar-refractivity contribution in [2.24, 2.45) is 0 Å². The quantitative estimate of drug-likeness (QED) is 0.641. The number of hydrogen-bond acceptors (Lipinski definition) is 7. The van der Waals surface area contributed by atoms with Gasteiger partial charge in [-0.05, 0) is 37.3 Å². The van der Waals surface area contributed by atoms with Crippen LogP contribution < -0.4 is 14.8 Å². The molecule has 0 saturated heterocycles. The van der Waals surface area contributed by atoms with Gasteiger partial charge in [0, 0.05) is 17.4 Å². The Morgan fingerprint density at radius 1 is 1.14 bits per heavy atom. The molecule has 2 heterocycles. The second kappa shape index (κ2) is 7.84. The number of carbonyl (C=O) groups excluding carboxylic acids is 1. The Hall–Kier alpha value is -2.91. The van der Waals surface area contributed by atoms with Crippen LogP contribution >= 0.6 is 11.3 Å². The Labute approximate surface area is 172 Å². The maximum Gasteiger partial charge on any atom is 0.231 e. The van der Waals surface area contributed by atoms with E-state index in [1.165, 1.54) is 11.3 Å². The zero-order valence-corrected chi connectivity index (χ0v) is 17.2. The van der Waals surface area contributed by atoms with E-state index in [1.807, 2.05) is 30.5 Å². The van der Waals surface area contributed by atoms with Crippen LogP contribution in [0.4, 0.5) is 5.13 Å². The summed E-state index contributed by atoms with van der Waals surface area (Å²) in [5, 5.41) is 4.89. The molecule has 1 amide bonds. The molecule has 1 aliphatic heterocycles. The minimum absolute atomic E-state index is 0.144. The minimum Gasteiger partial charge on any atom is -0.454 e. The normalized spacial score (nSPS) is 12.7. The van der Waals surface area contributed by atoms with E-state index in [2.05, 4.69) is 10.3 Å². The van der Waals surface area contributed by atoms with Crippen molar-refractivity contribution >= 4 is 32.2 Å². The number of aromatic nitrogens is 1. The molecule has 0 radical (unpaired) electrons. The van der Waals surface area contributed by atoms with Crippen molar-refractivity contribution in [2.75, 3.05) is 17.9 Å². The number of amides is 1. The lowest BCUT2D eigenvalue weighted by Gasteiger charge is -2.05. The van der Waals surface area contributed by atoms with E-state index < -0.39 is 15.7 Å². The fourth-order valence-corrected chi connectivity index (χ4v) is 4.77. The van der Waals surface area contributed by atoms with Crippen LogP contribution in [0.3, 0.4) is 0 Å². The fourth-order valence-electron chi connectivity index (χ4n) is 2.79. The van der Waals surface area contributed by atoms with Gasteiger partial charge in [0.1, 0.15) is 0 Å². The van der Waals surface area contributed by atoms with E-state index in [1.54, 1.807) is 24.3 Å². The number of carbonyl (C=O) groups is 1. The van der Waals surface area contributed by atoms with E-state index in [9.17, 15) is 13.2 Å². The van der Waals surface area contributed by atoms with Gasteiger partial charge in [-0.2, -0.15) is 0 Å². The smallest absolute Gasteiger partial charge is 0.231 e. The molecule has 0 bridgehead atoms. The van der Waals surface area contributed by atoms with Crippen molar-refractivity contribution in [3.63, 3.8) is 0 Å². The summed E-state index contributed by atoms with van der Waals surface area (Å²) < 4.78 is 35.4. The van der Waals surface area contributed by atoms with Crippen molar-refractivity contribution in [1.82, 2.24) is 4.98 Å². The zero-order chi connectivity index (χ0) is 20.4. The average Bonchev–Trinajstić information content (AvgIpc) is 3.35. The molecule has 1 N–H and O–H groups in total. The van der Waals surface area contributed by atoms with Crippen LogP contribution in [0.15, 0.2) is 52.7 Å². The Morgan fingerprint density at radius 2 is 1.90 bits per heavy atom. The molecule has 2 aromatic carbocycles. The van der Waals surface area contributed by atoms with Gasteiger partial charge in [-0.15, -0.1) is 11.3 Å². The second-order valence-electron chi connectivity index (χ2n) is 6.54. The van der Waals surface area contributed by atoms with E-state index in [0.717, 1.165) is 11.1 Å². The molecule has 3 aromatic rings. The molecule has 1 aromatic heterocycles. The average molecular weight is 431 g/mol. The van der Waals surface area contributed by atoms with Gasteiger partial charge in [-0.3, -0.25) is 4.79 Å². The first kappa shape index (κ1) is 19.4. The predicted octanol–water partition coefficient (Wildman–Crippen LogP) is 3.65. The lowest BCUT2D eigenvalue weighted by atomic mass is 10.1. The van der Waals surface area contributed by atoms with Gasteiger partial charge in [0.05, 0.1) is 16.3 Å². The third-order valence-electron chi connectivity index (χ3n) is 4.40. The third kappa shape index (κ3) is 4.41. The highest BCUT2D eigenvalue weighted by Crippen LogP contribution is 2.36. The molecule has 4 rings (SSSR count). The summed E-state index contributed by atoms with van der Waals surface area (Å²) in [6.07, 6.45) is -0.144. The highest BCUT2D eigenvalue weighted by Gasteiger charge is 2.18. The molecule has 7 nitrogen and oxygen atoms in total. The maximum absolute atomic E-state index is 12.4. The number of fused-ring (bicyclic) bond motifs is 1. The molecule has 0 spiro atoms. The molecule has 29 heavy (non-hydrogen) atoms. The van der Waals surface area contributed by atoms with Crippen LogP contribution in [0.5, 0.6) is 11.5 Å². The van der Waals surface area contributed by atoms with Crippen LogP contribution in [0.25, 0.3) is 11.3 Å². The topological polar surface area (TPSA) is 94.6 Å². The van der Waals surface area contributed by atoms with Crippen molar-refractivity contribution in [1.29, 1.82) is 0 Å². The summed E-state index contributed by atoms with van der Waals surface area (Å²) in [7, 11) is -3.51. The van der Waals surface area contributed by atoms with E-state index in [4.69, 9.17) is 9.47 Å². The summed E-state index contributed by atoms with van der Waals surface area (Å²) in [6.45, 7) is 2.08. The van der Waals surface area contributed by atoms with E-state index >= 15 is 0 Å². The monoisotopic (exact) mass is 430 g/mol. The zero-order valence-electron chi connectivity index (χ0n) is 15.5. The first-order chi connectivity index (χ1) is 13.9. The number of ether oxygens (including phenoxy) is 2. The molecule has 0 fully saturated rings. The fraction of sp³-hybridized carbons (Fsp3) is 0.200. The number of aryl methyl sites for hydroxylation is 1. The van der Waals surface area contributed by atoms with Crippen molar-refractivity contribution in [2.45, 2.75) is 18.2 Å². The molecule has 0 unspecified atom stereocenters. The Kier molecular flexibility index (Phi) is 5.25. The van der Waals surface area contributed by atoms with E-state index in [0.29, 0.717) is 22.3 Å². The van der Waals surface area contributed by atoms with Crippen LogP contribution in [0.1, 0.15) is 12.0 Å². The van der Waals surface area contributed by atoms with Gasteiger partial charge in [0.15, 0.2) is 26.5 Å². The maximum atomic E-state index is 12.4. The molecule has 150 valence electrons.